The lowest BCUT2D eigenvalue weighted by molar-refractivity contribution is 0.700. The molecule has 0 N–H and O–H groups in total. The lowest BCUT2D eigenvalue weighted by atomic mass is 10.2. The van der Waals surface area contributed by atoms with Crippen molar-refractivity contribution in [3.63, 3.8) is 0 Å². The van der Waals surface area contributed by atoms with Gasteiger partial charge < -0.3 is 0 Å². The maximum absolute atomic E-state index is 6.09. The van der Waals surface area contributed by atoms with Gasteiger partial charge >= 0.3 is 11.0 Å². The van der Waals surface area contributed by atoms with Crippen LogP contribution in [0.1, 0.15) is 32.6 Å². The van der Waals surface area contributed by atoms with Gasteiger partial charge in [0.1, 0.15) is 0 Å². The van der Waals surface area contributed by atoms with Gasteiger partial charge in [0.25, 0.3) is 0 Å². The molecule has 16 heavy (non-hydrogen) atoms. The largest absolute Gasteiger partial charge is 0.319 e. The Balaban J connectivity index is 4.13. The predicted octanol–water partition coefficient (Wildman–Crippen LogP) is 5.15. The Morgan fingerprint density at radius 3 is 1.88 bits per heavy atom. The van der Waals surface area contributed by atoms with Crippen molar-refractivity contribution in [2.75, 3.05) is 0 Å². The Morgan fingerprint density at radius 2 is 1.50 bits per heavy atom. The zero-order valence-corrected chi connectivity index (χ0v) is 17.3. The standard InChI is InChI=1S/C6H13Cl6Si4/c1-2-3-4-5-6-14(16(10,11)12)13-15(7,8)9/h2-6H2,1H3. The lowest BCUT2D eigenvalue weighted by Gasteiger charge is -2.22. The second kappa shape index (κ2) is 8.71. The van der Waals surface area contributed by atoms with Crippen LogP contribution in [0.15, 0.2) is 0 Å². The van der Waals surface area contributed by atoms with Gasteiger partial charge in [-0.3, -0.25) is 0 Å². The van der Waals surface area contributed by atoms with Crippen LogP contribution in [-0.2, 0) is 0 Å². The van der Waals surface area contributed by atoms with Gasteiger partial charge in [-0.05, 0) is 0 Å². The molecule has 0 heterocycles. The van der Waals surface area contributed by atoms with Crippen LogP contribution in [0.25, 0.3) is 0 Å². The molecule has 0 amide bonds. The van der Waals surface area contributed by atoms with Crippen LogP contribution in [0.4, 0.5) is 0 Å². The van der Waals surface area contributed by atoms with Gasteiger partial charge in [0.2, 0.25) is 0 Å². The second-order valence-corrected chi connectivity index (χ2v) is 39.1. The minimum atomic E-state index is -2.64. The van der Waals surface area contributed by atoms with Crippen molar-refractivity contribution in [1.29, 1.82) is 0 Å². The van der Waals surface area contributed by atoms with Gasteiger partial charge in [-0.2, -0.15) is 0 Å². The molecule has 0 aromatic heterocycles. The Hall–Kier alpha value is 2.61. The van der Waals surface area contributed by atoms with Crippen molar-refractivity contribution in [1.82, 2.24) is 0 Å². The summed E-state index contributed by atoms with van der Waals surface area (Å²) in [5, 5.41) is 0. The van der Waals surface area contributed by atoms with Crippen LogP contribution in [0, 0.1) is 0 Å². The van der Waals surface area contributed by atoms with E-state index in [1.54, 1.807) is 0 Å². The molecule has 0 atom stereocenters. The molecular weight excluding hydrogens is 397 g/mol. The molecule has 0 aromatic rings. The smallest absolute Gasteiger partial charge is 0.131 e. The van der Waals surface area contributed by atoms with Gasteiger partial charge in [-0.15, -0.1) is 66.5 Å². The summed E-state index contributed by atoms with van der Waals surface area (Å²) in [7, 11) is -0.770. The van der Waals surface area contributed by atoms with Crippen LogP contribution in [-0.4, -0.2) is 27.4 Å². The summed E-state index contributed by atoms with van der Waals surface area (Å²) in [5.74, 6) is 0. The summed E-state index contributed by atoms with van der Waals surface area (Å²) in [6.07, 6.45) is 4.72. The van der Waals surface area contributed by atoms with Crippen LogP contribution in [0.2, 0.25) is 6.04 Å². The molecule has 0 saturated heterocycles. The number of hydrogen-bond donors (Lipinski definition) is 0. The van der Waals surface area contributed by atoms with Crippen LogP contribution in [0.3, 0.4) is 0 Å². The topological polar surface area (TPSA) is 0 Å². The monoisotopic (exact) mass is 407 g/mol. The molecule has 0 aliphatic rings. The molecule has 0 bridgehead atoms. The maximum Gasteiger partial charge on any atom is 0.319 e. The molecule has 10 heteroatoms. The number of hydrogen-bond acceptors (Lipinski definition) is 0. The predicted molar refractivity (Wildman–Crippen MR) is 87.1 cm³/mol. The SMILES string of the molecule is CCCCCC[Si]([Si][Si](Cl)(Cl)Cl)[Si](Cl)(Cl)Cl. The molecule has 0 aliphatic heterocycles. The van der Waals surface area contributed by atoms with E-state index in [2.05, 4.69) is 6.92 Å². The molecule has 0 aromatic carbocycles. The molecule has 3 radical (unpaired) electrons. The minimum Gasteiger partial charge on any atom is -0.131 e. The average Bonchev–Trinajstić information content (AvgIpc) is 2.06. The molecule has 0 spiro atoms. The molecule has 95 valence electrons. The van der Waals surface area contributed by atoms with E-state index in [0.717, 1.165) is 12.5 Å². The number of unbranched alkanes of at least 4 members (excludes halogenated alkanes) is 3. The number of halogens is 6. The third-order valence-corrected chi connectivity index (χ3v) is 39.5. The van der Waals surface area contributed by atoms with Gasteiger partial charge in [0, 0.05) is 0 Å². The molecule has 0 saturated carbocycles. The van der Waals surface area contributed by atoms with E-state index in [1.165, 1.54) is 19.3 Å². The van der Waals surface area contributed by atoms with E-state index in [0.29, 0.717) is 8.55 Å². The highest BCUT2D eigenvalue weighted by atomic mass is 35.9. The Kier molecular flexibility index (Phi) is 10.1. The molecule has 0 nitrogen and oxygen atoms in total. The third-order valence-electron chi connectivity index (χ3n) is 1.92. The maximum atomic E-state index is 6.09. The van der Waals surface area contributed by atoms with E-state index in [1.807, 2.05) is 0 Å². The van der Waals surface area contributed by atoms with E-state index in [-0.39, 0.29) is 0 Å². The first-order valence-corrected chi connectivity index (χ1v) is 20.7. The van der Waals surface area contributed by atoms with Gasteiger partial charge in [-0.1, -0.05) is 38.7 Å². The van der Waals surface area contributed by atoms with E-state index in [4.69, 9.17) is 66.5 Å². The Bertz CT molecular complexity index is 190. The fraction of sp³-hybridized carbons (Fsp3) is 1.00. The van der Waals surface area contributed by atoms with Gasteiger partial charge in [-0.25, -0.2) is 0 Å². The van der Waals surface area contributed by atoms with Crippen molar-refractivity contribution in [3.05, 3.63) is 0 Å². The molecule has 0 rings (SSSR count). The average molecular weight is 410 g/mol. The molecule has 0 aliphatic carbocycles. The summed E-state index contributed by atoms with van der Waals surface area (Å²) in [6.45, 7) is 2.17. The summed E-state index contributed by atoms with van der Waals surface area (Å²) in [6, 6.07) is 0.979. The Morgan fingerprint density at radius 1 is 0.938 bits per heavy atom. The van der Waals surface area contributed by atoms with Gasteiger partial charge in [0.05, 0.1) is 16.4 Å². The molecule has 0 unspecified atom stereocenters. The second-order valence-electron chi connectivity index (χ2n) is 3.41. The summed E-state index contributed by atoms with van der Waals surface area (Å²) in [5.41, 5.74) is -5.27. The van der Waals surface area contributed by atoms with E-state index in [9.17, 15) is 0 Å². The van der Waals surface area contributed by atoms with Crippen molar-refractivity contribution in [2.45, 2.75) is 38.7 Å². The zero-order chi connectivity index (χ0) is 12.8. The normalized spacial score (nSPS) is 13.5. The first kappa shape index (κ1) is 18.6. The highest BCUT2D eigenvalue weighted by Gasteiger charge is 2.44. The van der Waals surface area contributed by atoms with E-state index < -0.39 is 18.9 Å². The first-order valence-electron chi connectivity index (χ1n) is 4.94. The highest BCUT2D eigenvalue weighted by molar-refractivity contribution is 8.02. The van der Waals surface area contributed by atoms with Crippen LogP contribution in [0.5, 0.6) is 0 Å². The van der Waals surface area contributed by atoms with Gasteiger partial charge in [0.15, 0.2) is 0 Å². The van der Waals surface area contributed by atoms with Crippen molar-refractivity contribution in [3.8, 4) is 0 Å². The summed E-state index contributed by atoms with van der Waals surface area (Å²) in [4.78, 5) is 0. The zero-order valence-electron chi connectivity index (χ0n) is 8.80. The Labute approximate surface area is 131 Å². The molecular formula is C6H13Cl6Si4. The first-order chi connectivity index (χ1) is 7.17. The lowest BCUT2D eigenvalue weighted by Crippen LogP contribution is -2.49. The number of rotatable bonds is 8. The highest BCUT2D eigenvalue weighted by Crippen LogP contribution is 2.30. The molecule has 0 fully saturated rings. The van der Waals surface area contributed by atoms with E-state index >= 15 is 0 Å². The summed E-state index contributed by atoms with van der Waals surface area (Å²) < 4.78 is 0. The third kappa shape index (κ3) is 10.5. The van der Waals surface area contributed by atoms with Crippen molar-refractivity contribution < 1.29 is 0 Å². The van der Waals surface area contributed by atoms with Crippen LogP contribution >= 0.6 is 66.5 Å². The fourth-order valence-corrected chi connectivity index (χ4v) is 50.5. The quantitative estimate of drug-likeness (QED) is 0.295. The van der Waals surface area contributed by atoms with Crippen molar-refractivity contribution >= 4 is 93.9 Å². The fourth-order valence-electron chi connectivity index (χ4n) is 1.17. The summed E-state index contributed by atoms with van der Waals surface area (Å²) >= 11 is 36.0. The van der Waals surface area contributed by atoms with Crippen LogP contribution < -0.4 is 0 Å². The minimum absolute atomic E-state index is 0.299. The van der Waals surface area contributed by atoms with Crippen molar-refractivity contribution in [2.24, 2.45) is 0 Å².